The van der Waals surface area contributed by atoms with Gasteiger partial charge in [-0.05, 0) is 50.2 Å². The third kappa shape index (κ3) is 2.56. The molecule has 2 heterocycles. The maximum Gasteiger partial charge on any atom is 0.230 e. The summed E-state index contributed by atoms with van der Waals surface area (Å²) >= 11 is 0. The topological polar surface area (TPSA) is 46.3 Å². The normalized spacial score (nSPS) is 23.8. The van der Waals surface area contributed by atoms with Crippen LogP contribution in [0.2, 0.25) is 0 Å². The summed E-state index contributed by atoms with van der Waals surface area (Å²) in [6, 6.07) is 10.4. The molecule has 2 atom stereocenters. The number of nitrogens with zero attached hydrogens (tertiary/aromatic N) is 2. The largest absolute Gasteiger partial charge is 0.359 e. The van der Waals surface area contributed by atoms with Gasteiger partial charge in [-0.3, -0.25) is 4.79 Å². The molecule has 0 bridgehead atoms. The van der Waals surface area contributed by atoms with Gasteiger partial charge in [-0.2, -0.15) is 0 Å². The Morgan fingerprint density at radius 2 is 2.13 bits per heavy atom. The van der Waals surface area contributed by atoms with Gasteiger partial charge in [0, 0.05) is 12.6 Å². The molecule has 4 heteroatoms. The first-order valence-electron chi connectivity index (χ1n) is 8.55. The molecule has 1 saturated heterocycles. The van der Waals surface area contributed by atoms with Gasteiger partial charge < -0.3 is 9.42 Å². The number of likely N-dealkylation sites (tertiary alicyclic amines) is 1. The van der Waals surface area contributed by atoms with Crippen molar-refractivity contribution in [1.82, 2.24) is 10.1 Å². The van der Waals surface area contributed by atoms with Gasteiger partial charge in [0.2, 0.25) is 5.91 Å². The van der Waals surface area contributed by atoms with E-state index in [-0.39, 0.29) is 17.9 Å². The second-order valence-electron chi connectivity index (χ2n) is 6.70. The van der Waals surface area contributed by atoms with E-state index in [4.69, 9.17) is 4.52 Å². The summed E-state index contributed by atoms with van der Waals surface area (Å²) in [7, 11) is 0. The Hall–Kier alpha value is -2.10. The van der Waals surface area contributed by atoms with Gasteiger partial charge in [0.1, 0.15) is 0 Å². The summed E-state index contributed by atoms with van der Waals surface area (Å²) in [6.45, 7) is 2.74. The molecule has 1 aliphatic heterocycles. The molecule has 4 nitrogen and oxygen atoms in total. The number of aromatic nitrogens is 1. The number of carbonyl (C=O) groups excluding carboxylic acids is 1. The Kier molecular flexibility index (Phi) is 3.68. The highest BCUT2D eigenvalue weighted by atomic mass is 16.5. The second kappa shape index (κ2) is 5.84. The first-order valence-corrected chi connectivity index (χ1v) is 8.55. The Labute approximate surface area is 136 Å². The lowest BCUT2D eigenvalue weighted by atomic mass is 9.82. The minimum Gasteiger partial charge on any atom is -0.359 e. The average Bonchev–Trinajstić information content (AvgIpc) is 3.22. The summed E-state index contributed by atoms with van der Waals surface area (Å²) in [5.74, 6) is 1.09. The number of hydrogen-bond acceptors (Lipinski definition) is 3. The van der Waals surface area contributed by atoms with Gasteiger partial charge in [0.15, 0.2) is 5.76 Å². The molecule has 2 aliphatic rings. The molecule has 0 saturated carbocycles. The maximum absolute atomic E-state index is 13.2. The zero-order valence-electron chi connectivity index (χ0n) is 13.5. The Balaban J connectivity index is 1.62. The smallest absolute Gasteiger partial charge is 0.230 e. The van der Waals surface area contributed by atoms with Gasteiger partial charge in [-0.15, -0.1) is 0 Å². The number of amides is 1. The van der Waals surface area contributed by atoms with Crippen LogP contribution in [0.25, 0.3) is 0 Å². The minimum atomic E-state index is 0.00423. The molecule has 1 fully saturated rings. The summed E-state index contributed by atoms with van der Waals surface area (Å²) in [5, 5.41) is 3.99. The summed E-state index contributed by atoms with van der Waals surface area (Å²) < 4.78 is 5.44. The van der Waals surface area contributed by atoms with Gasteiger partial charge in [-0.25, -0.2) is 0 Å². The van der Waals surface area contributed by atoms with E-state index in [1.807, 2.05) is 24.0 Å². The van der Waals surface area contributed by atoms with Crippen molar-refractivity contribution in [1.29, 1.82) is 0 Å². The minimum absolute atomic E-state index is 0.00423. The lowest BCUT2D eigenvalue weighted by Crippen LogP contribution is -2.36. The van der Waals surface area contributed by atoms with Crippen LogP contribution in [0, 0.1) is 6.92 Å². The number of hydrogen-bond donors (Lipinski definition) is 0. The Morgan fingerprint density at radius 3 is 2.96 bits per heavy atom. The van der Waals surface area contributed by atoms with E-state index in [0.717, 1.165) is 50.1 Å². The molecule has 120 valence electrons. The lowest BCUT2D eigenvalue weighted by molar-refractivity contribution is -0.134. The molecular weight excluding hydrogens is 288 g/mol. The van der Waals surface area contributed by atoms with Crippen molar-refractivity contribution in [3.05, 3.63) is 52.9 Å². The quantitative estimate of drug-likeness (QED) is 0.848. The highest BCUT2D eigenvalue weighted by Gasteiger charge is 2.37. The number of fused-ring (bicyclic) bond motifs is 1. The highest BCUT2D eigenvalue weighted by Crippen LogP contribution is 2.38. The third-order valence-electron chi connectivity index (χ3n) is 5.18. The molecular formula is C19H22N2O2. The average molecular weight is 310 g/mol. The lowest BCUT2D eigenvalue weighted by Gasteiger charge is -2.31. The Bertz CT molecular complexity index is 722. The first-order chi connectivity index (χ1) is 11.2. The SMILES string of the molecule is Cc1cc([C@H]2CCCN2C(=O)[C@@H]2CCCc3ccccc32)on1. The van der Waals surface area contributed by atoms with Crippen molar-refractivity contribution in [3.8, 4) is 0 Å². The molecule has 1 aromatic carbocycles. The highest BCUT2D eigenvalue weighted by molar-refractivity contribution is 5.85. The zero-order chi connectivity index (χ0) is 15.8. The van der Waals surface area contributed by atoms with E-state index < -0.39 is 0 Å². The van der Waals surface area contributed by atoms with Crippen LogP contribution < -0.4 is 0 Å². The number of carbonyl (C=O) groups is 1. The van der Waals surface area contributed by atoms with Gasteiger partial charge >= 0.3 is 0 Å². The molecule has 0 unspecified atom stereocenters. The molecule has 23 heavy (non-hydrogen) atoms. The van der Waals surface area contributed by atoms with Crippen LogP contribution in [0.3, 0.4) is 0 Å². The Morgan fingerprint density at radius 1 is 1.26 bits per heavy atom. The molecule has 0 N–H and O–H groups in total. The molecule has 4 rings (SSSR count). The van der Waals surface area contributed by atoms with Crippen molar-refractivity contribution in [2.24, 2.45) is 0 Å². The molecule has 0 spiro atoms. The summed E-state index contributed by atoms with van der Waals surface area (Å²) in [4.78, 5) is 15.2. The van der Waals surface area contributed by atoms with Crippen LogP contribution in [0.1, 0.15) is 60.2 Å². The standard InChI is InChI=1S/C19H22N2O2/c1-13-12-18(23-20-13)17-10-5-11-21(17)19(22)16-9-4-7-14-6-2-3-8-15(14)16/h2-3,6,8,12,16-17H,4-5,7,9-11H2,1H3/t16-,17-/m1/s1. The fourth-order valence-electron chi connectivity index (χ4n) is 4.08. The molecule has 0 radical (unpaired) electrons. The van der Waals surface area contributed by atoms with E-state index in [2.05, 4.69) is 23.4 Å². The number of benzene rings is 1. The predicted molar refractivity (Wildman–Crippen MR) is 87.0 cm³/mol. The fourth-order valence-corrected chi connectivity index (χ4v) is 4.08. The zero-order valence-corrected chi connectivity index (χ0v) is 13.5. The van der Waals surface area contributed by atoms with Crippen LogP contribution in [-0.4, -0.2) is 22.5 Å². The van der Waals surface area contributed by atoms with E-state index in [1.54, 1.807) is 0 Å². The van der Waals surface area contributed by atoms with Gasteiger partial charge in [-0.1, -0.05) is 29.4 Å². The van der Waals surface area contributed by atoms with Crippen molar-refractivity contribution in [2.45, 2.75) is 51.0 Å². The second-order valence-corrected chi connectivity index (χ2v) is 6.70. The maximum atomic E-state index is 13.2. The van der Waals surface area contributed by atoms with E-state index >= 15 is 0 Å². The van der Waals surface area contributed by atoms with Crippen LogP contribution in [-0.2, 0) is 11.2 Å². The van der Waals surface area contributed by atoms with E-state index in [1.165, 1.54) is 11.1 Å². The predicted octanol–water partition coefficient (Wildman–Crippen LogP) is 3.77. The fraction of sp³-hybridized carbons (Fsp3) is 0.474. The van der Waals surface area contributed by atoms with Crippen LogP contribution in [0.5, 0.6) is 0 Å². The van der Waals surface area contributed by atoms with Crippen molar-refractivity contribution in [2.75, 3.05) is 6.54 Å². The van der Waals surface area contributed by atoms with Crippen molar-refractivity contribution in [3.63, 3.8) is 0 Å². The van der Waals surface area contributed by atoms with Crippen molar-refractivity contribution >= 4 is 5.91 Å². The molecule has 1 amide bonds. The van der Waals surface area contributed by atoms with Crippen LogP contribution in [0.15, 0.2) is 34.9 Å². The van der Waals surface area contributed by atoms with Gasteiger partial charge in [0.25, 0.3) is 0 Å². The third-order valence-corrected chi connectivity index (χ3v) is 5.18. The van der Waals surface area contributed by atoms with Crippen LogP contribution >= 0.6 is 0 Å². The summed E-state index contributed by atoms with van der Waals surface area (Å²) in [6.07, 6.45) is 5.13. The van der Waals surface area contributed by atoms with Gasteiger partial charge in [0.05, 0.1) is 17.7 Å². The first kappa shape index (κ1) is 14.5. The molecule has 1 aliphatic carbocycles. The monoisotopic (exact) mass is 310 g/mol. The van der Waals surface area contributed by atoms with E-state index in [0.29, 0.717) is 0 Å². The number of rotatable bonds is 2. The molecule has 2 aromatic rings. The molecule has 1 aromatic heterocycles. The van der Waals surface area contributed by atoms with Crippen molar-refractivity contribution < 1.29 is 9.32 Å². The van der Waals surface area contributed by atoms with Crippen LogP contribution in [0.4, 0.5) is 0 Å². The summed E-state index contributed by atoms with van der Waals surface area (Å²) in [5.41, 5.74) is 3.44. The number of aryl methyl sites for hydroxylation is 2. The van der Waals surface area contributed by atoms with E-state index in [9.17, 15) is 4.79 Å².